The number of benzene rings is 3. The van der Waals surface area contributed by atoms with Crippen molar-refractivity contribution in [3.8, 4) is 5.75 Å². The maximum absolute atomic E-state index is 15.2. The van der Waals surface area contributed by atoms with Crippen molar-refractivity contribution >= 4 is 29.5 Å². The molecule has 0 aliphatic heterocycles. The summed E-state index contributed by atoms with van der Waals surface area (Å²) < 4.78 is 92.0. The number of carbonyl (C=O) groups excluding carboxylic acids is 2. The molecule has 0 aliphatic carbocycles. The Morgan fingerprint density at radius 1 is 0.894 bits per heavy atom. The van der Waals surface area contributed by atoms with E-state index in [9.17, 15) is 22.6 Å². The molecular weight excluding hydrogens is 657 g/mol. The number of hydrogen-bond acceptors (Lipinski definition) is 9. The summed E-state index contributed by atoms with van der Waals surface area (Å²) in [7, 11) is -7.69. The lowest BCUT2D eigenvalue weighted by molar-refractivity contribution is -0.122. The number of para-hydroxylation sites is 1. The summed E-state index contributed by atoms with van der Waals surface area (Å²) in [5.74, 6) is -0.801. The van der Waals surface area contributed by atoms with Crippen molar-refractivity contribution in [1.82, 2.24) is 10.0 Å². The van der Waals surface area contributed by atoms with Crippen LogP contribution in [0.25, 0.3) is 0 Å². The summed E-state index contributed by atoms with van der Waals surface area (Å²) in [4.78, 5) is 25.1. The van der Waals surface area contributed by atoms with Crippen LogP contribution < -0.4 is 14.8 Å². The van der Waals surface area contributed by atoms with Gasteiger partial charge in [0.2, 0.25) is 15.9 Å². The number of sulfonamides is 1. The zero-order chi connectivity index (χ0) is 34.5. The average Bonchev–Trinajstić information content (AvgIpc) is 3.06. The Bertz CT molecular complexity index is 1610. The van der Waals surface area contributed by atoms with Crippen molar-refractivity contribution < 1.29 is 49.9 Å². The standard InChI is InChI=1S/C32H39F2N2O9PS/c1-4-44-46(39,45-5-2)32(33,34)25-19-17-24(18-20-25)23-28(36-47(40,41)26-13-7-6-8-14-26)30(37)35-21-11-12-22-43-29-16-10-9-15-27(29)31(38)42-3/h6-10,13-20,28,36H,4-5,11-12,21-23H2,1-3H3,(H,35,37)/t28-/m0/s1. The van der Waals surface area contributed by atoms with Gasteiger partial charge >= 0.3 is 19.2 Å². The number of nitrogens with one attached hydrogen (secondary N) is 2. The molecule has 15 heteroatoms. The quantitative estimate of drug-likeness (QED) is 0.0922. The van der Waals surface area contributed by atoms with Gasteiger partial charge in [0.1, 0.15) is 17.4 Å². The minimum Gasteiger partial charge on any atom is -0.493 e. The van der Waals surface area contributed by atoms with Gasteiger partial charge in [-0.15, -0.1) is 0 Å². The van der Waals surface area contributed by atoms with Crippen LogP contribution in [-0.2, 0) is 45.3 Å². The first kappa shape index (κ1) is 37.8. The molecule has 0 unspecified atom stereocenters. The highest BCUT2D eigenvalue weighted by atomic mass is 32.2. The van der Waals surface area contributed by atoms with Crippen LogP contribution in [-0.4, -0.2) is 59.8 Å². The number of hydrogen-bond donors (Lipinski definition) is 2. The summed E-state index contributed by atoms with van der Waals surface area (Å²) in [5.41, 5.74) is -3.92. The number of methoxy groups -OCH3 is 1. The highest BCUT2D eigenvalue weighted by Crippen LogP contribution is 2.66. The van der Waals surface area contributed by atoms with Gasteiger partial charge in [-0.05, 0) is 62.9 Å². The maximum Gasteiger partial charge on any atom is 0.404 e. The molecule has 1 atom stereocenters. The molecule has 47 heavy (non-hydrogen) atoms. The van der Waals surface area contributed by atoms with E-state index in [1.165, 1.54) is 57.4 Å². The Labute approximate surface area is 273 Å². The van der Waals surface area contributed by atoms with Gasteiger partial charge in [-0.3, -0.25) is 9.36 Å². The monoisotopic (exact) mass is 696 g/mol. The number of carbonyl (C=O) groups is 2. The zero-order valence-electron chi connectivity index (χ0n) is 26.3. The van der Waals surface area contributed by atoms with Crippen LogP contribution >= 0.6 is 7.60 Å². The largest absolute Gasteiger partial charge is 0.493 e. The van der Waals surface area contributed by atoms with Crippen LogP contribution in [0.15, 0.2) is 83.8 Å². The molecule has 11 nitrogen and oxygen atoms in total. The second-order valence-electron chi connectivity index (χ2n) is 10.1. The minimum absolute atomic E-state index is 0.0558. The molecule has 3 aromatic carbocycles. The molecule has 0 bridgehead atoms. The van der Waals surface area contributed by atoms with E-state index in [4.69, 9.17) is 18.5 Å². The number of alkyl halides is 2. The van der Waals surface area contributed by atoms with Crippen LogP contribution in [0.2, 0.25) is 0 Å². The highest BCUT2D eigenvalue weighted by molar-refractivity contribution is 7.89. The Balaban J connectivity index is 1.69. The number of rotatable bonds is 19. The van der Waals surface area contributed by atoms with Crippen LogP contribution in [0.5, 0.6) is 5.75 Å². The van der Waals surface area contributed by atoms with Crippen LogP contribution in [0.1, 0.15) is 48.2 Å². The van der Waals surface area contributed by atoms with Crippen molar-refractivity contribution in [1.29, 1.82) is 0 Å². The van der Waals surface area contributed by atoms with Gasteiger partial charge in [0.15, 0.2) is 0 Å². The Morgan fingerprint density at radius 2 is 1.51 bits per heavy atom. The lowest BCUT2D eigenvalue weighted by Gasteiger charge is -2.26. The number of halogens is 2. The SMILES string of the molecule is CCOP(=O)(OCC)C(F)(F)c1ccc(C[C@H](NS(=O)(=O)c2ccccc2)C(=O)NCCCCOc2ccccc2C(=O)OC)cc1. The lowest BCUT2D eigenvalue weighted by atomic mass is 10.0. The van der Waals surface area contributed by atoms with Crippen LogP contribution in [0.3, 0.4) is 0 Å². The topological polar surface area (TPSA) is 146 Å². The predicted octanol–water partition coefficient (Wildman–Crippen LogP) is 5.65. The number of unbranched alkanes of at least 4 members (excludes halogenated alkanes) is 1. The highest BCUT2D eigenvalue weighted by Gasteiger charge is 2.54. The molecular formula is C32H39F2N2O9PS. The molecule has 0 saturated heterocycles. The van der Waals surface area contributed by atoms with Gasteiger partial charge in [-0.25, -0.2) is 13.2 Å². The smallest absolute Gasteiger partial charge is 0.404 e. The summed E-state index contributed by atoms with van der Waals surface area (Å²) in [6.07, 6.45) is 0.790. The Morgan fingerprint density at radius 3 is 2.13 bits per heavy atom. The molecule has 256 valence electrons. The first-order valence-corrected chi connectivity index (χ1v) is 17.9. The van der Waals surface area contributed by atoms with E-state index in [1.807, 2.05) is 0 Å². The molecule has 3 aromatic rings. The number of esters is 1. The third-order valence-electron chi connectivity index (χ3n) is 6.77. The van der Waals surface area contributed by atoms with Crippen molar-refractivity contribution in [3.05, 3.63) is 95.6 Å². The normalized spacial score (nSPS) is 12.7. The Kier molecular flexibility index (Phi) is 14.0. The lowest BCUT2D eigenvalue weighted by Crippen LogP contribution is -2.48. The molecule has 3 rings (SSSR count). The minimum atomic E-state index is -4.83. The van der Waals surface area contributed by atoms with Crippen LogP contribution in [0.4, 0.5) is 8.78 Å². The van der Waals surface area contributed by atoms with Crippen LogP contribution in [0, 0.1) is 0 Å². The molecule has 0 heterocycles. The fourth-order valence-corrected chi connectivity index (χ4v) is 7.19. The molecule has 0 aliphatic rings. The van der Waals surface area contributed by atoms with Gasteiger partial charge in [0.25, 0.3) is 0 Å². The number of amides is 1. The Hall–Kier alpha value is -3.68. The number of ether oxygens (including phenoxy) is 2. The van der Waals surface area contributed by atoms with Gasteiger partial charge in [-0.1, -0.05) is 54.6 Å². The fraction of sp³-hybridized carbons (Fsp3) is 0.375. The van der Waals surface area contributed by atoms with E-state index in [-0.39, 0.29) is 43.2 Å². The summed E-state index contributed by atoms with van der Waals surface area (Å²) in [6.45, 7) is 2.77. The second-order valence-corrected chi connectivity index (χ2v) is 13.9. The van der Waals surface area contributed by atoms with E-state index in [2.05, 4.69) is 10.0 Å². The molecule has 2 N–H and O–H groups in total. The van der Waals surface area contributed by atoms with Crippen molar-refractivity contribution in [3.63, 3.8) is 0 Å². The predicted molar refractivity (Wildman–Crippen MR) is 171 cm³/mol. The van der Waals surface area contributed by atoms with E-state index in [0.717, 1.165) is 12.1 Å². The van der Waals surface area contributed by atoms with Crippen molar-refractivity contribution in [2.45, 2.75) is 49.7 Å². The molecule has 0 aromatic heterocycles. The average molecular weight is 697 g/mol. The van der Waals surface area contributed by atoms with Crippen molar-refractivity contribution in [2.24, 2.45) is 0 Å². The van der Waals surface area contributed by atoms with E-state index in [1.54, 1.807) is 30.3 Å². The molecule has 0 saturated carbocycles. The fourth-order valence-electron chi connectivity index (χ4n) is 4.43. The van der Waals surface area contributed by atoms with Gasteiger partial charge in [-0.2, -0.15) is 13.5 Å². The van der Waals surface area contributed by atoms with Crippen molar-refractivity contribution in [2.75, 3.05) is 33.5 Å². The molecule has 1 amide bonds. The molecule has 0 fully saturated rings. The summed E-state index contributed by atoms with van der Waals surface area (Å²) in [5, 5.41) is 2.71. The van der Waals surface area contributed by atoms with Gasteiger partial charge < -0.3 is 23.8 Å². The zero-order valence-corrected chi connectivity index (χ0v) is 28.0. The van der Waals surface area contributed by atoms with E-state index >= 15 is 8.78 Å². The first-order chi connectivity index (χ1) is 22.4. The molecule has 0 spiro atoms. The maximum atomic E-state index is 15.2. The first-order valence-electron chi connectivity index (χ1n) is 14.9. The molecule has 0 radical (unpaired) electrons. The summed E-state index contributed by atoms with van der Waals surface area (Å²) >= 11 is 0. The van der Waals surface area contributed by atoms with E-state index in [0.29, 0.717) is 24.2 Å². The third-order valence-corrected chi connectivity index (χ3v) is 10.4. The second kappa shape index (κ2) is 17.5. The van der Waals surface area contributed by atoms with E-state index < -0.39 is 46.8 Å². The summed E-state index contributed by atoms with van der Waals surface area (Å²) in [6, 6.07) is 17.5. The van der Waals surface area contributed by atoms with Gasteiger partial charge in [0.05, 0.1) is 31.8 Å². The van der Waals surface area contributed by atoms with Gasteiger partial charge in [0, 0.05) is 12.1 Å². The third kappa shape index (κ3) is 10.2.